The molecule has 8 heteroatoms. The van der Waals surface area contributed by atoms with E-state index in [2.05, 4.69) is 0 Å². The topological polar surface area (TPSA) is 107 Å². The molecule has 5 aromatic carbocycles. The van der Waals surface area contributed by atoms with Crippen molar-refractivity contribution >= 4 is 35.2 Å². The van der Waals surface area contributed by atoms with Gasteiger partial charge in [0.05, 0.1) is 28.7 Å². The van der Waals surface area contributed by atoms with Crippen molar-refractivity contribution in [1.29, 1.82) is 0 Å². The summed E-state index contributed by atoms with van der Waals surface area (Å²) in [5.74, 6) is -3.63. The summed E-state index contributed by atoms with van der Waals surface area (Å²) in [4.78, 5) is 67.5. The number of hydrogen-bond donors (Lipinski definition) is 0. The third-order valence-corrected chi connectivity index (χ3v) is 9.52. The standard InChI is InChI=1S/C40H27NO7/c42-32(23-17-19-27(20-18-23)48-40(46)24-9-2-1-3-10-24)22-47-39(45)25-11-8-12-26(21-25)41-37(43)35-33-28-13-4-5-14-29(28)34(36(35)38(41)44)31-16-7-6-15-30(31)33/h1-21,33-36H,22H2. The zero-order valence-corrected chi connectivity index (χ0v) is 25.4. The highest BCUT2D eigenvalue weighted by atomic mass is 16.5. The number of rotatable bonds is 7. The normalized spacial score (nSPS) is 20.0. The van der Waals surface area contributed by atoms with Crippen molar-refractivity contribution < 1.29 is 33.4 Å². The van der Waals surface area contributed by atoms with Crippen molar-refractivity contribution in [3.63, 3.8) is 0 Å². The smallest absolute Gasteiger partial charge is 0.343 e. The lowest BCUT2D eigenvalue weighted by Gasteiger charge is -2.45. The van der Waals surface area contributed by atoms with Crippen molar-refractivity contribution in [3.05, 3.63) is 166 Å². The van der Waals surface area contributed by atoms with Crippen LogP contribution in [0.4, 0.5) is 5.69 Å². The van der Waals surface area contributed by atoms with Gasteiger partial charge in [-0.15, -0.1) is 0 Å². The third-order valence-electron chi connectivity index (χ3n) is 9.52. The Balaban J connectivity index is 0.967. The fraction of sp³-hybridized carbons (Fsp3) is 0.125. The first-order valence-corrected chi connectivity index (χ1v) is 15.6. The lowest BCUT2D eigenvalue weighted by Crippen LogP contribution is -2.41. The van der Waals surface area contributed by atoms with Gasteiger partial charge in [0.2, 0.25) is 11.8 Å². The van der Waals surface area contributed by atoms with E-state index in [1.807, 2.05) is 48.5 Å². The molecule has 48 heavy (non-hydrogen) atoms. The lowest BCUT2D eigenvalue weighted by atomic mass is 9.55. The van der Waals surface area contributed by atoms with Gasteiger partial charge in [0.15, 0.2) is 12.4 Å². The van der Waals surface area contributed by atoms with Crippen LogP contribution in [0.3, 0.4) is 0 Å². The van der Waals surface area contributed by atoms with Crippen LogP contribution in [0.2, 0.25) is 0 Å². The summed E-state index contributed by atoms with van der Waals surface area (Å²) >= 11 is 0. The largest absolute Gasteiger partial charge is 0.454 e. The minimum atomic E-state index is -0.769. The maximum Gasteiger partial charge on any atom is 0.343 e. The average Bonchev–Trinajstić information content (AvgIpc) is 3.40. The van der Waals surface area contributed by atoms with Crippen molar-refractivity contribution in [2.75, 3.05) is 11.5 Å². The van der Waals surface area contributed by atoms with E-state index >= 15 is 0 Å². The van der Waals surface area contributed by atoms with E-state index in [0.717, 1.165) is 22.3 Å². The van der Waals surface area contributed by atoms with E-state index in [0.29, 0.717) is 5.56 Å². The molecule has 2 atom stereocenters. The molecule has 0 spiro atoms. The Morgan fingerprint density at radius 2 is 1.06 bits per heavy atom. The van der Waals surface area contributed by atoms with E-state index in [1.165, 1.54) is 41.3 Å². The van der Waals surface area contributed by atoms with Crippen LogP contribution in [-0.4, -0.2) is 36.1 Å². The summed E-state index contributed by atoms with van der Waals surface area (Å²) in [7, 11) is 0. The number of hydrogen-bond acceptors (Lipinski definition) is 7. The molecule has 1 fully saturated rings. The van der Waals surface area contributed by atoms with Crippen molar-refractivity contribution in [2.24, 2.45) is 11.8 Å². The number of anilines is 1. The van der Waals surface area contributed by atoms with Gasteiger partial charge in [-0.3, -0.25) is 14.4 Å². The summed E-state index contributed by atoms with van der Waals surface area (Å²) in [5.41, 5.74) is 5.37. The predicted molar refractivity (Wildman–Crippen MR) is 175 cm³/mol. The van der Waals surface area contributed by atoms with Gasteiger partial charge >= 0.3 is 11.9 Å². The molecule has 1 heterocycles. The number of carbonyl (C=O) groups is 5. The fourth-order valence-corrected chi connectivity index (χ4v) is 7.45. The summed E-state index contributed by atoms with van der Waals surface area (Å²) in [6, 6.07) is 36.7. The molecule has 0 N–H and O–H groups in total. The maximum absolute atomic E-state index is 14.1. The monoisotopic (exact) mass is 633 g/mol. The van der Waals surface area contributed by atoms with Crippen molar-refractivity contribution in [2.45, 2.75) is 11.8 Å². The molecule has 234 valence electrons. The molecule has 3 aliphatic carbocycles. The van der Waals surface area contributed by atoms with E-state index in [-0.39, 0.29) is 46.2 Å². The molecular weight excluding hydrogens is 606 g/mol. The summed E-state index contributed by atoms with van der Waals surface area (Å²) in [6.07, 6.45) is 0. The van der Waals surface area contributed by atoms with Gasteiger partial charge in [-0.2, -0.15) is 0 Å². The number of ether oxygens (including phenoxy) is 2. The van der Waals surface area contributed by atoms with Crippen LogP contribution in [0.15, 0.2) is 127 Å². The van der Waals surface area contributed by atoms with Crippen LogP contribution in [0.5, 0.6) is 5.75 Å². The molecule has 0 saturated carbocycles. The molecule has 0 radical (unpaired) electrons. The third kappa shape index (κ3) is 4.72. The van der Waals surface area contributed by atoms with E-state index in [1.54, 1.807) is 42.5 Å². The second-order valence-corrected chi connectivity index (χ2v) is 12.1. The summed E-state index contributed by atoms with van der Waals surface area (Å²) in [6.45, 7) is -0.530. The van der Waals surface area contributed by atoms with Crippen molar-refractivity contribution in [1.82, 2.24) is 0 Å². The number of ketones is 1. The number of esters is 2. The molecular formula is C40H27NO7. The molecule has 8 nitrogen and oxygen atoms in total. The second-order valence-electron chi connectivity index (χ2n) is 12.1. The molecule has 1 saturated heterocycles. The SMILES string of the molecule is O=C(COC(=O)c1cccc(N2C(=O)C3C4c5ccccc5C(c5ccccc54)C3C2=O)c1)c1ccc(OC(=O)c2ccccc2)cc1. The molecule has 2 bridgehead atoms. The van der Waals surface area contributed by atoms with Gasteiger partial charge in [-0.1, -0.05) is 72.8 Å². The fourth-order valence-electron chi connectivity index (χ4n) is 7.45. The average molecular weight is 634 g/mol. The van der Waals surface area contributed by atoms with Gasteiger partial charge in [-0.25, -0.2) is 14.5 Å². The van der Waals surface area contributed by atoms with Crippen LogP contribution in [0, 0.1) is 11.8 Å². The first kappa shape index (κ1) is 29.3. The number of imide groups is 1. The predicted octanol–water partition coefficient (Wildman–Crippen LogP) is 6.34. The minimum absolute atomic E-state index is 0.105. The number of carbonyl (C=O) groups excluding carboxylic acids is 5. The molecule has 1 aliphatic heterocycles. The van der Waals surface area contributed by atoms with Crippen LogP contribution in [0.25, 0.3) is 0 Å². The summed E-state index contributed by atoms with van der Waals surface area (Å²) in [5, 5.41) is 0. The highest BCUT2D eigenvalue weighted by Gasteiger charge is 2.61. The number of amides is 2. The highest BCUT2D eigenvalue weighted by Crippen LogP contribution is 2.61. The van der Waals surface area contributed by atoms with Crippen LogP contribution in [-0.2, 0) is 14.3 Å². The number of Topliss-reactive ketones (excluding diaryl/α,β-unsaturated/α-hetero) is 1. The number of nitrogens with zero attached hydrogens (tertiary/aromatic N) is 1. The molecule has 9 rings (SSSR count). The Bertz CT molecular complexity index is 2020. The maximum atomic E-state index is 14.1. The quantitative estimate of drug-likeness (QED) is 0.0891. The minimum Gasteiger partial charge on any atom is -0.454 e. The first-order chi connectivity index (χ1) is 23.4. The molecule has 5 aromatic rings. The Hall–Kier alpha value is -6.15. The molecule has 0 aromatic heterocycles. The Kier molecular flexibility index (Phi) is 7.06. The first-order valence-electron chi connectivity index (χ1n) is 15.6. The van der Waals surface area contributed by atoms with Gasteiger partial charge in [-0.05, 0) is 76.9 Å². The van der Waals surface area contributed by atoms with Crippen LogP contribution in [0.1, 0.15) is 65.2 Å². The molecule has 2 unspecified atom stereocenters. The summed E-state index contributed by atoms with van der Waals surface area (Å²) < 4.78 is 10.7. The van der Waals surface area contributed by atoms with Gasteiger partial charge in [0.25, 0.3) is 0 Å². The van der Waals surface area contributed by atoms with Crippen molar-refractivity contribution in [3.8, 4) is 5.75 Å². The number of benzene rings is 5. The Morgan fingerprint density at radius 1 is 0.542 bits per heavy atom. The van der Waals surface area contributed by atoms with Crippen LogP contribution < -0.4 is 9.64 Å². The Labute approximate surface area is 275 Å². The molecule has 2 amide bonds. The van der Waals surface area contributed by atoms with Crippen LogP contribution >= 0.6 is 0 Å². The molecule has 4 aliphatic rings. The van der Waals surface area contributed by atoms with E-state index < -0.39 is 36.2 Å². The second kappa shape index (κ2) is 11.6. The lowest BCUT2D eigenvalue weighted by molar-refractivity contribution is -0.122. The zero-order chi connectivity index (χ0) is 32.9. The van der Waals surface area contributed by atoms with Gasteiger partial charge in [0, 0.05) is 17.4 Å². The van der Waals surface area contributed by atoms with E-state index in [9.17, 15) is 24.0 Å². The van der Waals surface area contributed by atoms with Gasteiger partial charge in [0.1, 0.15) is 5.75 Å². The Morgan fingerprint density at radius 3 is 1.62 bits per heavy atom. The van der Waals surface area contributed by atoms with E-state index in [4.69, 9.17) is 9.47 Å². The van der Waals surface area contributed by atoms with Gasteiger partial charge < -0.3 is 9.47 Å². The zero-order valence-electron chi connectivity index (χ0n) is 25.4. The highest BCUT2D eigenvalue weighted by molar-refractivity contribution is 6.23.